The number of aromatic nitrogens is 1. The van der Waals surface area contributed by atoms with Crippen molar-refractivity contribution >= 4 is 29.9 Å². The zero-order chi connectivity index (χ0) is 16.3. The summed E-state index contributed by atoms with van der Waals surface area (Å²) in [5.74, 6) is 0.770. The highest BCUT2D eigenvalue weighted by atomic mass is 127. The number of nitrogens with zero attached hydrogens (tertiary/aromatic N) is 2. The number of pyridine rings is 1. The van der Waals surface area contributed by atoms with Crippen LogP contribution >= 0.6 is 24.0 Å². The second-order valence-electron chi connectivity index (χ2n) is 5.23. The van der Waals surface area contributed by atoms with Crippen LogP contribution in [0.4, 0.5) is 0 Å². The molecule has 1 aromatic carbocycles. The molecule has 0 saturated heterocycles. The van der Waals surface area contributed by atoms with Crippen LogP contribution in [-0.2, 0) is 17.8 Å². The minimum Gasteiger partial charge on any atom is -0.383 e. The van der Waals surface area contributed by atoms with Crippen molar-refractivity contribution in [2.45, 2.75) is 20.0 Å². The van der Waals surface area contributed by atoms with Crippen molar-refractivity contribution in [3.8, 4) is 0 Å². The zero-order valence-corrected chi connectivity index (χ0v) is 16.5. The van der Waals surface area contributed by atoms with E-state index < -0.39 is 0 Å². The fraction of sp³-hybridized carbons (Fsp3) is 0.333. The van der Waals surface area contributed by atoms with E-state index >= 15 is 0 Å². The normalized spacial score (nSPS) is 10.8. The van der Waals surface area contributed by atoms with Crippen molar-refractivity contribution < 1.29 is 4.74 Å². The average molecular weight is 440 g/mol. The number of hydrogen-bond donors (Lipinski definition) is 2. The van der Waals surface area contributed by atoms with Gasteiger partial charge in [0.05, 0.1) is 13.2 Å². The van der Waals surface area contributed by atoms with Crippen molar-refractivity contribution in [1.82, 2.24) is 15.6 Å². The first-order valence-corrected chi connectivity index (χ1v) is 7.74. The van der Waals surface area contributed by atoms with E-state index in [1.54, 1.807) is 7.11 Å². The van der Waals surface area contributed by atoms with Crippen LogP contribution in [0, 0.1) is 6.92 Å². The third-order valence-electron chi connectivity index (χ3n) is 3.29. The molecule has 2 N–H and O–H groups in total. The van der Waals surface area contributed by atoms with E-state index in [0.717, 1.165) is 23.8 Å². The minimum absolute atomic E-state index is 0. The molecule has 0 radical (unpaired) electrons. The first-order chi connectivity index (χ1) is 11.3. The van der Waals surface area contributed by atoms with Gasteiger partial charge in [0.15, 0.2) is 5.96 Å². The lowest BCUT2D eigenvalue weighted by Crippen LogP contribution is -2.38. The summed E-state index contributed by atoms with van der Waals surface area (Å²) in [4.78, 5) is 8.91. The molecule has 0 bridgehead atoms. The van der Waals surface area contributed by atoms with Crippen LogP contribution in [0.1, 0.15) is 16.8 Å². The summed E-state index contributed by atoms with van der Waals surface area (Å²) in [6.45, 7) is 4.64. The molecule has 0 amide bonds. The van der Waals surface area contributed by atoms with E-state index in [1.807, 2.05) is 37.4 Å². The molecular formula is C18H25IN4O. The highest BCUT2D eigenvalue weighted by Crippen LogP contribution is 2.01. The fourth-order valence-electron chi connectivity index (χ4n) is 1.99. The van der Waals surface area contributed by atoms with E-state index in [4.69, 9.17) is 4.74 Å². The standard InChI is InChI=1S/C18H24N4O.HI/c1-15-8-9-17(13-20-15)14-22-18(19-10-11-23-2)21-12-16-6-4-3-5-7-16;/h3-9,13H,10-12,14H2,1-2H3,(H2,19,21,22);1H. The van der Waals surface area contributed by atoms with Crippen molar-refractivity contribution in [3.63, 3.8) is 0 Å². The number of guanidine groups is 1. The SMILES string of the molecule is COCCNC(=NCc1ccc(C)nc1)NCc1ccccc1.I. The van der Waals surface area contributed by atoms with Gasteiger partial charge in [0.25, 0.3) is 0 Å². The first-order valence-electron chi connectivity index (χ1n) is 7.74. The summed E-state index contributed by atoms with van der Waals surface area (Å²) >= 11 is 0. The lowest BCUT2D eigenvalue weighted by atomic mass is 10.2. The predicted molar refractivity (Wildman–Crippen MR) is 109 cm³/mol. The zero-order valence-electron chi connectivity index (χ0n) is 14.2. The van der Waals surface area contributed by atoms with Crippen molar-refractivity contribution in [3.05, 3.63) is 65.5 Å². The van der Waals surface area contributed by atoms with E-state index in [0.29, 0.717) is 19.7 Å². The van der Waals surface area contributed by atoms with E-state index in [1.165, 1.54) is 5.56 Å². The summed E-state index contributed by atoms with van der Waals surface area (Å²) in [5, 5.41) is 6.61. The summed E-state index contributed by atoms with van der Waals surface area (Å²) in [5.41, 5.74) is 3.31. The summed E-state index contributed by atoms with van der Waals surface area (Å²) in [6, 6.07) is 14.3. The van der Waals surface area contributed by atoms with Gasteiger partial charge in [-0.1, -0.05) is 36.4 Å². The summed E-state index contributed by atoms with van der Waals surface area (Å²) in [6.07, 6.45) is 1.86. The molecule has 0 spiro atoms. The lowest BCUT2D eigenvalue weighted by Gasteiger charge is -2.12. The number of aryl methyl sites for hydroxylation is 1. The van der Waals surface area contributed by atoms with Gasteiger partial charge < -0.3 is 15.4 Å². The molecule has 2 aromatic rings. The van der Waals surface area contributed by atoms with Crippen LogP contribution in [0.25, 0.3) is 0 Å². The Morgan fingerprint density at radius 1 is 1.08 bits per heavy atom. The van der Waals surface area contributed by atoms with Crippen molar-refractivity contribution in [1.29, 1.82) is 0 Å². The number of nitrogens with one attached hydrogen (secondary N) is 2. The quantitative estimate of drug-likeness (QED) is 0.301. The molecule has 0 aliphatic carbocycles. The number of aliphatic imine (C=N–C) groups is 1. The number of rotatable bonds is 7. The highest BCUT2D eigenvalue weighted by molar-refractivity contribution is 14.0. The van der Waals surface area contributed by atoms with Crippen molar-refractivity contribution in [2.24, 2.45) is 4.99 Å². The number of methoxy groups -OCH3 is 1. The van der Waals surface area contributed by atoms with Gasteiger partial charge in [-0.25, -0.2) is 4.99 Å². The Morgan fingerprint density at radius 3 is 2.54 bits per heavy atom. The molecule has 1 aromatic heterocycles. The van der Waals surface area contributed by atoms with Crippen LogP contribution in [-0.4, -0.2) is 31.2 Å². The second kappa shape index (κ2) is 11.8. The van der Waals surface area contributed by atoms with Crippen LogP contribution in [0.15, 0.2) is 53.7 Å². The minimum atomic E-state index is 0. The van der Waals surface area contributed by atoms with Crippen LogP contribution in [0.2, 0.25) is 0 Å². The predicted octanol–water partition coefficient (Wildman–Crippen LogP) is 2.89. The monoisotopic (exact) mass is 440 g/mol. The van der Waals surface area contributed by atoms with Gasteiger partial charge >= 0.3 is 0 Å². The van der Waals surface area contributed by atoms with Gasteiger partial charge in [0.1, 0.15) is 0 Å². The van der Waals surface area contributed by atoms with Gasteiger partial charge in [0, 0.05) is 32.1 Å². The Balaban J connectivity index is 0.00000288. The maximum Gasteiger partial charge on any atom is 0.191 e. The molecule has 0 aliphatic heterocycles. The molecule has 0 fully saturated rings. The molecule has 0 saturated carbocycles. The lowest BCUT2D eigenvalue weighted by molar-refractivity contribution is 0.203. The molecule has 5 nitrogen and oxygen atoms in total. The topological polar surface area (TPSA) is 58.5 Å². The van der Waals surface area contributed by atoms with Gasteiger partial charge in [0.2, 0.25) is 0 Å². The molecule has 0 atom stereocenters. The Bertz CT molecular complexity index is 602. The number of benzene rings is 1. The van der Waals surface area contributed by atoms with E-state index in [-0.39, 0.29) is 24.0 Å². The Morgan fingerprint density at radius 2 is 1.88 bits per heavy atom. The number of ether oxygens (including phenoxy) is 1. The second-order valence-corrected chi connectivity index (χ2v) is 5.23. The Labute approximate surface area is 161 Å². The summed E-state index contributed by atoms with van der Waals surface area (Å²) < 4.78 is 5.08. The molecule has 24 heavy (non-hydrogen) atoms. The van der Waals surface area contributed by atoms with Gasteiger partial charge in [-0.3, -0.25) is 4.98 Å². The van der Waals surface area contributed by atoms with Crippen LogP contribution in [0.5, 0.6) is 0 Å². The summed E-state index contributed by atoms with van der Waals surface area (Å²) in [7, 11) is 1.69. The van der Waals surface area contributed by atoms with E-state index in [2.05, 4.69) is 38.8 Å². The third kappa shape index (κ3) is 7.74. The van der Waals surface area contributed by atoms with Gasteiger partial charge in [-0.15, -0.1) is 24.0 Å². The third-order valence-corrected chi connectivity index (χ3v) is 3.29. The average Bonchev–Trinajstić information content (AvgIpc) is 2.59. The molecular weight excluding hydrogens is 415 g/mol. The molecule has 1 heterocycles. The van der Waals surface area contributed by atoms with Gasteiger partial charge in [-0.05, 0) is 24.1 Å². The molecule has 130 valence electrons. The van der Waals surface area contributed by atoms with Crippen LogP contribution < -0.4 is 10.6 Å². The molecule has 0 unspecified atom stereocenters. The number of hydrogen-bond acceptors (Lipinski definition) is 3. The molecule has 0 aliphatic rings. The number of halogens is 1. The highest BCUT2D eigenvalue weighted by Gasteiger charge is 2.00. The molecule has 6 heteroatoms. The first kappa shape index (κ1) is 20.4. The maximum absolute atomic E-state index is 5.08. The molecule has 2 rings (SSSR count). The Kier molecular flexibility index (Phi) is 10.0. The van der Waals surface area contributed by atoms with E-state index in [9.17, 15) is 0 Å². The maximum atomic E-state index is 5.08. The largest absolute Gasteiger partial charge is 0.383 e. The van der Waals surface area contributed by atoms with Gasteiger partial charge in [-0.2, -0.15) is 0 Å². The van der Waals surface area contributed by atoms with Crippen molar-refractivity contribution in [2.75, 3.05) is 20.3 Å². The fourth-order valence-corrected chi connectivity index (χ4v) is 1.99. The van der Waals surface area contributed by atoms with Crippen LogP contribution in [0.3, 0.4) is 0 Å². The Hall–Kier alpha value is -1.67. The smallest absolute Gasteiger partial charge is 0.191 e.